The van der Waals surface area contributed by atoms with Crippen molar-refractivity contribution in [2.75, 3.05) is 11.9 Å². The Balaban J connectivity index is 1.97. The molecule has 2 aromatic rings. The van der Waals surface area contributed by atoms with E-state index in [-0.39, 0.29) is 0 Å². The van der Waals surface area contributed by atoms with Crippen molar-refractivity contribution >= 4 is 28.6 Å². The molecule has 0 fully saturated rings. The summed E-state index contributed by atoms with van der Waals surface area (Å²) in [5.74, 6) is -1.17. The average Bonchev–Trinajstić information content (AvgIpc) is 2.38. The van der Waals surface area contributed by atoms with Gasteiger partial charge >= 0.3 is 12.0 Å². The van der Waals surface area contributed by atoms with Crippen molar-refractivity contribution in [3.63, 3.8) is 0 Å². The second-order valence-electron chi connectivity index (χ2n) is 3.66. The lowest BCUT2D eigenvalue weighted by Gasteiger charge is -2.07. The first-order valence-corrected chi connectivity index (χ1v) is 5.40. The van der Waals surface area contributed by atoms with Gasteiger partial charge < -0.3 is 10.4 Å². The second-order valence-corrected chi connectivity index (χ2v) is 3.66. The van der Waals surface area contributed by atoms with Crippen molar-refractivity contribution in [3.8, 4) is 0 Å². The maximum Gasteiger partial charge on any atom is 0.343 e. The number of carbonyl (C=O) groups excluding carboxylic acids is 1. The molecule has 1 aromatic carbocycles. The zero-order valence-corrected chi connectivity index (χ0v) is 9.79. The molecule has 0 spiro atoms. The summed E-state index contributed by atoms with van der Waals surface area (Å²) in [5.41, 5.74) is 3.25. The largest absolute Gasteiger partial charge is 0.479 e. The second kappa shape index (κ2) is 5.78. The first-order chi connectivity index (χ1) is 9.15. The van der Waals surface area contributed by atoms with Crippen LogP contribution in [0.5, 0.6) is 0 Å². The highest BCUT2D eigenvalue weighted by Gasteiger charge is 2.04. The van der Waals surface area contributed by atoms with Crippen LogP contribution in [-0.4, -0.2) is 28.7 Å². The number of pyridine rings is 1. The van der Waals surface area contributed by atoms with Crippen LogP contribution in [-0.2, 0) is 9.63 Å². The molecule has 0 radical (unpaired) electrons. The van der Waals surface area contributed by atoms with Crippen LogP contribution in [0.1, 0.15) is 0 Å². The molecule has 3 N–H and O–H groups in total. The van der Waals surface area contributed by atoms with E-state index >= 15 is 0 Å². The SMILES string of the molecule is O=C(O)CONC(=O)Nc1cnc2ccccc2c1. The number of fused-ring (bicyclic) bond motifs is 1. The number of carboxylic acids is 1. The van der Waals surface area contributed by atoms with Crippen LogP contribution < -0.4 is 10.8 Å². The number of aliphatic carboxylic acids is 1. The van der Waals surface area contributed by atoms with Gasteiger partial charge in [0.1, 0.15) is 0 Å². The molecule has 0 saturated heterocycles. The number of nitrogens with zero attached hydrogens (tertiary/aromatic N) is 1. The molecule has 2 amide bonds. The van der Waals surface area contributed by atoms with Gasteiger partial charge in [-0.1, -0.05) is 18.2 Å². The van der Waals surface area contributed by atoms with Crippen LogP contribution in [0.4, 0.5) is 10.5 Å². The maximum absolute atomic E-state index is 11.4. The molecule has 0 aliphatic rings. The summed E-state index contributed by atoms with van der Waals surface area (Å²) in [4.78, 5) is 30.1. The fourth-order valence-electron chi connectivity index (χ4n) is 1.46. The number of carbonyl (C=O) groups is 2. The Morgan fingerprint density at radius 3 is 2.89 bits per heavy atom. The van der Waals surface area contributed by atoms with Gasteiger partial charge in [0.25, 0.3) is 0 Å². The zero-order valence-electron chi connectivity index (χ0n) is 9.79. The summed E-state index contributed by atoms with van der Waals surface area (Å²) in [6, 6.07) is 8.54. The van der Waals surface area contributed by atoms with Crippen molar-refractivity contribution in [1.29, 1.82) is 0 Å². The van der Waals surface area contributed by atoms with Gasteiger partial charge in [0, 0.05) is 5.39 Å². The number of hydrogen-bond acceptors (Lipinski definition) is 4. The summed E-state index contributed by atoms with van der Waals surface area (Å²) in [6.45, 7) is -0.608. The minimum absolute atomic E-state index is 0.482. The number of benzene rings is 1. The van der Waals surface area contributed by atoms with E-state index in [1.165, 1.54) is 6.20 Å². The monoisotopic (exact) mass is 261 g/mol. The third kappa shape index (κ3) is 3.65. The highest BCUT2D eigenvalue weighted by Crippen LogP contribution is 2.15. The van der Waals surface area contributed by atoms with Gasteiger partial charge in [-0.2, -0.15) is 0 Å². The predicted octanol–water partition coefficient (Wildman–Crippen LogP) is 1.37. The maximum atomic E-state index is 11.4. The minimum Gasteiger partial charge on any atom is -0.479 e. The highest BCUT2D eigenvalue weighted by molar-refractivity contribution is 5.91. The number of aromatic nitrogens is 1. The van der Waals surface area contributed by atoms with E-state index in [0.717, 1.165) is 10.9 Å². The molecule has 0 bridgehead atoms. The van der Waals surface area contributed by atoms with Crippen LogP contribution in [0.3, 0.4) is 0 Å². The number of para-hydroxylation sites is 1. The van der Waals surface area contributed by atoms with E-state index in [4.69, 9.17) is 5.11 Å². The smallest absolute Gasteiger partial charge is 0.343 e. The molecule has 7 nitrogen and oxygen atoms in total. The van der Waals surface area contributed by atoms with Crippen molar-refractivity contribution < 1.29 is 19.5 Å². The van der Waals surface area contributed by atoms with Crippen LogP contribution in [0.2, 0.25) is 0 Å². The van der Waals surface area contributed by atoms with Crippen LogP contribution in [0, 0.1) is 0 Å². The Labute approximate surface area is 108 Å². The number of hydrogen-bond donors (Lipinski definition) is 3. The molecule has 1 aromatic heterocycles. The van der Waals surface area contributed by atoms with E-state index in [0.29, 0.717) is 5.69 Å². The Morgan fingerprint density at radius 1 is 1.32 bits per heavy atom. The minimum atomic E-state index is -1.17. The van der Waals surface area contributed by atoms with E-state index in [1.807, 2.05) is 29.7 Å². The topological polar surface area (TPSA) is 101 Å². The molecule has 0 atom stereocenters. The number of anilines is 1. The lowest BCUT2D eigenvalue weighted by molar-refractivity contribution is -0.143. The Hall–Kier alpha value is -2.67. The molecule has 0 saturated carbocycles. The average molecular weight is 261 g/mol. The van der Waals surface area contributed by atoms with Gasteiger partial charge in [-0.25, -0.2) is 15.1 Å². The molecule has 1 heterocycles. The summed E-state index contributed by atoms with van der Waals surface area (Å²) in [7, 11) is 0. The first kappa shape index (κ1) is 12.8. The lowest BCUT2D eigenvalue weighted by Crippen LogP contribution is -2.30. The van der Waals surface area contributed by atoms with E-state index in [1.54, 1.807) is 6.07 Å². The highest BCUT2D eigenvalue weighted by atomic mass is 16.7. The molecular weight excluding hydrogens is 250 g/mol. The van der Waals surface area contributed by atoms with Gasteiger partial charge in [0.15, 0.2) is 6.61 Å². The summed E-state index contributed by atoms with van der Waals surface area (Å²) in [6.07, 6.45) is 1.50. The van der Waals surface area contributed by atoms with Crippen molar-refractivity contribution in [2.24, 2.45) is 0 Å². The Kier molecular flexibility index (Phi) is 3.89. The summed E-state index contributed by atoms with van der Waals surface area (Å²) >= 11 is 0. The normalized spacial score (nSPS) is 10.1. The molecule has 2 rings (SSSR count). The quantitative estimate of drug-likeness (QED) is 0.722. The number of nitrogens with one attached hydrogen (secondary N) is 2. The van der Waals surface area contributed by atoms with Crippen LogP contribution >= 0.6 is 0 Å². The van der Waals surface area contributed by atoms with Gasteiger partial charge in [0.2, 0.25) is 0 Å². The molecule has 19 heavy (non-hydrogen) atoms. The van der Waals surface area contributed by atoms with Crippen molar-refractivity contribution in [1.82, 2.24) is 10.5 Å². The van der Waals surface area contributed by atoms with E-state index < -0.39 is 18.6 Å². The number of rotatable bonds is 4. The molecule has 98 valence electrons. The van der Waals surface area contributed by atoms with Crippen molar-refractivity contribution in [3.05, 3.63) is 36.5 Å². The molecule has 0 aliphatic carbocycles. The Bertz CT molecular complexity index is 615. The van der Waals surface area contributed by atoms with Gasteiger partial charge in [-0.15, -0.1) is 0 Å². The zero-order chi connectivity index (χ0) is 13.7. The third-order valence-corrected chi connectivity index (χ3v) is 2.21. The summed E-state index contributed by atoms with van der Waals surface area (Å²) < 4.78 is 0. The predicted molar refractivity (Wildman–Crippen MR) is 67.5 cm³/mol. The van der Waals surface area contributed by atoms with Crippen LogP contribution in [0.25, 0.3) is 10.9 Å². The standard InChI is InChI=1S/C12H11N3O4/c16-11(17)7-19-15-12(18)14-9-5-8-3-1-2-4-10(8)13-6-9/h1-6H,7H2,(H,16,17)(H2,14,15,18). The number of urea groups is 1. The van der Waals surface area contributed by atoms with Crippen LogP contribution in [0.15, 0.2) is 36.5 Å². The lowest BCUT2D eigenvalue weighted by atomic mass is 10.2. The van der Waals surface area contributed by atoms with Crippen molar-refractivity contribution in [2.45, 2.75) is 0 Å². The molecule has 7 heteroatoms. The number of amides is 2. The fourth-order valence-corrected chi connectivity index (χ4v) is 1.46. The van der Waals surface area contributed by atoms with Gasteiger partial charge in [-0.3, -0.25) is 9.82 Å². The molecular formula is C12H11N3O4. The van der Waals surface area contributed by atoms with E-state index in [2.05, 4.69) is 15.1 Å². The fraction of sp³-hybridized carbons (Fsp3) is 0.0833. The molecule has 0 aliphatic heterocycles. The number of carboxylic acid groups (broad SMARTS) is 1. The number of hydroxylamine groups is 1. The Morgan fingerprint density at radius 2 is 2.11 bits per heavy atom. The summed E-state index contributed by atoms with van der Waals surface area (Å²) in [5, 5.41) is 11.7. The third-order valence-electron chi connectivity index (χ3n) is 2.21. The van der Waals surface area contributed by atoms with Gasteiger partial charge in [0.05, 0.1) is 17.4 Å². The van der Waals surface area contributed by atoms with E-state index in [9.17, 15) is 9.59 Å². The first-order valence-electron chi connectivity index (χ1n) is 5.40. The van der Waals surface area contributed by atoms with Gasteiger partial charge in [-0.05, 0) is 12.1 Å². The molecule has 0 unspecified atom stereocenters.